The van der Waals surface area contributed by atoms with Crippen LogP contribution in [0.2, 0.25) is 0 Å². The standard InChI is InChI=1S/C20H19NO4Si/c1-2-24-26(19-12-5-3-6-13-19,20-14-7-4-8-15-20)25-18-11-9-10-17(16-18)21(22)23/h3-16H,2H2,1H3. The van der Waals surface area contributed by atoms with Gasteiger partial charge in [0.1, 0.15) is 5.75 Å². The number of rotatable bonds is 7. The van der Waals surface area contributed by atoms with Gasteiger partial charge in [0, 0.05) is 23.0 Å². The van der Waals surface area contributed by atoms with E-state index in [2.05, 4.69) is 0 Å². The molecule has 0 amide bonds. The van der Waals surface area contributed by atoms with Gasteiger partial charge in [0.2, 0.25) is 0 Å². The van der Waals surface area contributed by atoms with Crippen molar-refractivity contribution in [2.75, 3.05) is 6.61 Å². The number of nitrogens with zero attached hydrogens (tertiary/aromatic N) is 1. The SMILES string of the molecule is CCO[Si](Oc1cccc([N+](=O)[O-])c1)(c1ccccc1)c1ccccc1. The van der Waals surface area contributed by atoms with E-state index in [1.807, 2.05) is 67.6 Å². The summed E-state index contributed by atoms with van der Waals surface area (Å²) in [5, 5.41) is 13.0. The molecule has 3 aromatic rings. The summed E-state index contributed by atoms with van der Waals surface area (Å²) in [6, 6.07) is 25.8. The van der Waals surface area contributed by atoms with E-state index in [1.165, 1.54) is 12.1 Å². The topological polar surface area (TPSA) is 61.6 Å². The molecule has 5 nitrogen and oxygen atoms in total. The summed E-state index contributed by atoms with van der Waals surface area (Å²) in [6.07, 6.45) is 0. The van der Waals surface area contributed by atoms with Crippen molar-refractivity contribution in [3.63, 3.8) is 0 Å². The van der Waals surface area contributed by atoms with Crippen molar-refractivity contribution in [3.8, 4) is 5.75 Å². The summed E-state index contributed by atoms with van der Waals surface area (Å²) >= 11 is 0. The second-order valence-electron chi connectivity index (χ2n) is 5.64. The highest BCUT2D eigenvalue weighted by Crippen LogP contribution is 2.23. The average Bonchev–Trinajstić information content (AvgIpc) is 2.69. The minimum Gasteiger partial charge on any atom is -0.514 e. The zero-order chi connectivity index (χ0) is 18.4. The fraction of sp³-hybridized carbons (Fsp3) is 0.100. The van der Waals surface area contributed by atoms with Crippen LogP contribution in [0.4, 0.5) is 5.69 Å². The molecule has 0 heterocycles. The van der Waals surface area contributed by atoms with E-state index in [9.17, 15) is 10.1 Å². The molecule has 0 saturated heterocycles. The van der Waals surface area contributed by atoms with Crippen LogP contribution in [0.3, 0.4) is 0 Å². The molecule has 3 rings (SSSR count). The van der Waals surface area contributed by atoms with Crippen LogP contribution in [0.25, 0.3) is 0 Å². The van der Waals surface area contributed by atoms with Crippen LogP contribution >= 0.6 is 0 Å². The molecule has 0 bridgehead atoms. The molecule has 0 N–H and O–H groups in total. The van der Waals surface area contributed by atoms with E-state index in [1.54, 1.807) is 12.1 Å². The highest BCUT2D eigenvalue weighted by atomic mass is 28.4. The lowest BCUT2D eigenvalue weighted by Crippen LogP contribution is -2.65. The number of nitro benzene ring substituents is 1. The Morgan fingerprint density at radius 2 is 1.46 bits per heavy atom. The van der Waals surface area contributed by atoms with Gasteiger partial charge in [-0.2, -0.15) is 0 Å². The molecule has 0 radical (unpaired) electrons. The first-order valence-electron chi connectivity index (χ1n) is 8.34. The lowest BCUT2D eigenvalue weighted by molar-refractivity contribution is -0.384. The average molecular weight is 365 g/mol. The number of non-ortho nitro benzene ring substituents is 1. The van der Waals surface area contributed by atoms with E-state index >= 15 is 0 Å². The Morgan fingerprint density at radius 1 is 0.885 bits per heavy atom. The van der Waals surface area contributed by atoms with Crippen molar-refractivity contribution in [2.45, 2.75) is 6.92 Å². The first-order chi connectivity index (χ1) is 12.7. The molecule has 6 heteroatoms. The van der Waals surface area contributed by atoms with E-state index in [-0.39, 0.29) is 5.69 Å². The summed E-state index contributed by atoms with van der Waals surface area (Å²) in [7, 11) is -3.07. The Bertz CT molecular complexity index is 832. The molecule has 0 atom stereocenters. The zero-order valence-electron chi connectivity index (χ0n) is 14.4. The number of hydrogen-bond donors (Lipinski definition) is 0. The summed E-state index contributed by atoms with van der Waals surface area (Å²) in [6.45, 7) is 2.38. The Kier molecular flexibility index (Phi) is 5.45. The van der Waals surface area contributed by atoms with Crippen molar-refractivity contribution in [1.82, 2.24) is 0 Å². The summed E-state index contributed by atoms with van der Waals surface area (Å²) < 4.78 is 12.7. The molecule has 0 fully saturated rings. The van der Waals surface area contributed by atoms with Crippen LogP contribution in [-0.4, -0.2) is 20.1 Å². The van der Waals surface area contributed by atoms with Gasteiger partial charge in [-0.1, -0.05) is 66.7 Å². The van der Waals surface area contributed by atoms with Gasteiger partial charge >= 0.3 is 8.56 Å². The van der Waals surface area contributed by atoms with Crippen LogP contribution in [0.1, 0.15) is 6.92 Å². The number of benzene rings is 3. The van der Waals surface area contributed by atoms with Crippen molar-refractivity contribution >= 4 is 24.6 Å². The van der Waals surface area contributed by atoms with Crippen molar-refractivity contribution in [1.29, 1.82) is 0 Å². The maximum absolute atomic E-state index is 11.1. The minimum atomic E-state index is -3.07. The largest absolute Gasteiger partial charge is 0.514 e. The highest BCUT2D eigenvalue weighted by Gasteiger charge is 2.44. The molecule has 0 aromatic heterocycles. The van der Waals surface area contributed by atoms with Gasteiger partial charge in [-0.25, -0.2) is 0 Å². The van der Waals surface area contributed by atoms with E-state index in [0.717, 1.165) is 10.4 Å². The third-order valence-corrected chi connectivity index (χ3v) is 7.35. The molecule has 132 valence electrons. The molecular formula is C20H19NO4Si. The van der Waals surface area contributed by atoms with Gasteiger partial charge in [-0.15, -0.1) is 0 Å². The molecule has 0 aliphatic carbocycles. The van der Waals surface area contributed by atoms with E-state index < -0.39 is 13.5 Å². The predicted octanol–water partition coefficient (Wildman–Crippen LogP) is 3.27. The molecule has 0 aliphatic heterocycles. The second kappa shape index (κ2) is 7.94. The lowest BCUT2D eigenvalue weighted by atomic mass is 10.3. The highest BCUT2D eigenvalue weighted by molar-refractivity contribution is 6.93. The molecule has 0 unspecified atom stereocenters. The maximum Gasteiger partial charge on any atom is 0.468 e. The monoisotopic (exact) mass is 365 g/mol. The van der Waals surface area contributed by atoms with Gasteiger partial charge in [-0.3, -0.25) is 10.1 Å². The van der Waals surface area contributed by atoms with Gasteiger partial charge in [0.15, 0.2) is 0 Å². The first-order valence-corrected chi connectivity index (χ1v) is 10.2. The van der Waals surface area contributed by atoms with Crippen LogP contribution in [-0.2, 0) is 4.43 Å². The molecule has 0 saturated carbocycles. The Balaban J connectivity index is 2.14. The molecule has 0 aliphatic rings. The van der Waals surface area contributed by atoms with Crippen molar-refractivity contribution in [3.05, 3.63) is 95.0 Å². The summed E-state index contributed by atoms with van der Waals surface area (Å²) in [4.78, 5) is 10.7. The van der Waals surface area contributed by atoms with Gasteiger partial charge in [-0.05, 0) is 13.0 Å². The number of hydrogen-bond acceptors (Lipinski definition) is 4. The first kappa shape index (κ1) is 17.8. The van der Waals surface area contributed by atoms with Gasteiger partial charge in [0.05, 0.1) is 11.0 Å². The Hall–Kier alpha value is -2.96. The fourth-order valence-corrected chi connectivity index (χ4v) is 5.91. The van der Waals surface area contributed by atoms with Crippen molar-refractivity contribution < 1.29 is 13.8 Å². The third-order valence-electron chi connectivity index (χ3n) is 3.95. The van der Waals surface area contributed by atoms with Gasteiger partial charge < -0.3 is 8.85 Å². The number of nitro groups is 1. The normalized spacial score (nSPS) is 11.1. The van der Waals surface area contributed by atoms with Crippen LogP contribution < -0.4 is 14.8 Å². The Morgan fingerprint density at radius 3 is 1.96 bits per heavy atom. The third kappa shape index (κ3) is 3.66. The smallest absolute Gasteiger partial charge is 0.468 e. The lowest BCUT2D eigenvalue weighted by Gasteiger charge is -2.31. The molecular weight excluding hydrogens is 346 g/mol. The summed E-state index contributed by atoms with van der Waals surface area (Å²) in [5.41, 5.74) is -0.0111. The molecule has 3 aromatic carbocycles. The quantitative estimate of drug-likeness (QED) is 0.366. The molecule has 26 heavy (non-hydrogen) atoms. The van der Waals surface area contributed by atoms with Crippen LogP contribution in [0, 0.1) is 10.1 Å². The fourth-order valence-electron chi connectivity index (χ4n) is 2.83. The van der Waals surface area contributed by atoms with Crippen LogP contribution in [0.15, 0.2) is 84.9 Å². The van der Waals surface area contributed by atoms with Gasteiger partial charge in [0.25, 0.3) is 5.69 Å². The predicted molar refractivity (Wildman–Crippen MR) is 103 cm³/mol. The maximum atomic E-state index is 11.1. The minimum absolute atomic E-state index is 0.0111. The summed E-state index contributed by atoms with van der Waals surface area (Å²) in [5.74, 6) is 0.423. The second-order valence-corrected chi connectivity index (χ2v) is 8.52. The molecule has 0 spiro atoms. The Labute approximate surface area is 153 Å². The van der Waals surface area contributed by atoms with E-state index in [4.69, 9.17) is 8.85 Å². The van der Waals surface area contributed by atoms with Crippen molar-refractivity contribution in [2.24, 2.45) is 0 Å². The zero-order valence-corrected chi connectivity index (χ0v) is 15.4. The van der Waals surface area contributed by atoms with E-state index in [0.29, 0.717) is 12.4 Å². The van der Waals surface area contributed by atoms with Crippen LogP contribution in [0.5, 0.6) is 5.75 Å².